The molecule has 0 unspecified atom stereocenters. The van der Waals surface area contributed by atoms with E-state index < -0.39 is 8.07 Å². The van der Waals surface area contributed by atoms with E-state index in [-0.39, 0.29) is 5.82 Å². The molecule has 3 heterocycles. The highest BCUT2D eigenvalue weighted by atomic mass is 28.3. The minimum Gasteiger partial charge on any atom is -0.361 e. The maximum Gasteiger partial charge on any atom is 0.228 e. The minimum atomic E-state index is -1.21. The Morgan fingerprint density at radius 3 is 2.53 bits per heavy atom. The van der Waals surface area contributed by atoms with Gasteiger partial charge in [-0.25, -0.2) is 9.37 Å². The lowest BCUT2D eigenvalue weighted by Crippen LogP contribution is -2.45. The van der Waals surface area contributed by atoms with Gasteiger partial charge in [0, 0.05) is 52.6 Å². The number of fused-ring (bicyclic) bond motifs is 1. The molecule has 4 rings (SSSR count). The van der Waals surface area contributed by atoms with Gasteiger partial charge in [-0.05, 0) is 43.8 Å². The number of hydrogen-bond donors (Lipinski definition) is 0. The van der Waals surface area contributed by atoms with Crippen LogP contribution in [0.1, 0.15) is 11.1 Å². The first-order chi connectivity index (χ1) is 16.2. The molecule has 1 aliphatic heterocycles. The second kappa shape index (κ2) is 9.82. The summed E-state index contributed by atoms with van der Waals surface area (Å²) in [6.45, 7) is 13.3. The number of ether oxygens (including phenoxy) is 1. The van der Waals surface area contributed by atoms with E-state index in [1.165, 1.54) is 12.1 Å². The number of likely N-dealkylation sites (N-methyl/N-ethyl adjacent to an activating group) is 1. The number of benzene rings is 1. The standard InChI is InChI=1S/C25H33FN6OSi/c1-18-14-20(26)6-7-21(18)23-22-19(15-27)16-32(17-33-12-13-34(3,4)5)24(22)29-25(28-23)31-10-8-30(2)9-11-31/h6-7,14,16H,8-13,17H2,1-5H3. The summed E-state index contributed by atoms with van der Waals surface area (Å²) in [7, 11) is 0.902. The number of anilines is 1. The van der Waals surface area contributed by atoms with Gasteiger partial charge < -0.3 is 19.1 Å². The highest BCUT2D eigenvalue weighted by molar-refractivity contribution is 6.76. The molecular weight excluding hydrogens is 447 g/mol. The SMILES string of the molecule is Cc1cc(F)ccc1-c1nc(N2CCN(C)CC2)nc2c1c(C#N)cn2COCC[Si](C)(C)C. The zero-order valence-corrected chi connectivity index (χ0v) is 21.7. The molecule has 0 amide bonds. The van der Waals surface area contributed by atoms with Crippen molar-refractivity contribution < 1.29 is 9.13 Å². The third-order valence-corrected chi connectivity index (χ3v) is 7.99. The third-order valence-electron chi connectivity index (χ3n) is 6.28. The molecule has 0 saturated carbocycles. The average molecular weight is 481 g/mol. The maximum atomic E-state index is 13.9. The molecule has 1 aromatic carbocycles. The number of aryl methyl sites for hydroxylation is 1. The van der Waals surface area contributed by atoms with Gasteiger partial charge in [-0.15, -0.1) is 0 Å². The summed E-state index contributed by atoms with van der Waals surface area (Å²) < 4.78 is 21.8. The van der Waals surface area contributed by atoms with Crippen molar-refractivity contribution in [2.75, 3.05) is 44.7 Å². The molecule has 1 saturated heterocycles. The first-order valence-electron chi connectivity index (χ1n) is 11.7. The number of piperazine rings is 1. The zero-order chi connectivity index (χ0) is 24.5. The molecule has 9 heteroatoms. The summed E-state index contributed by atoms with van der Waals surface area (Å²) in [5, 5.41) is 10.6. The van der Waals surface area contributed by atoms with Crippen molar-refractivity contribution >= 4 is 25.1 Å². The predicted octanol–water partition coefficient (Wildman–Crippen LogP) is 4.48. The summed E-state index contributed by atoms with van der Waals surface area (Å²) in [6, 6.07) is 8.05. The monoisotopic (exact) mass is 480 g/mol. The van der Waals surface area contributed by atoms with Crippen LogP contribution in [-0.2, 0) is 11.5 Å². The molecule has 180 valence electrons. The molecule has 34 heavy (non-hydrogen) atoms. The molecule has 0 atom stereocenters. The lowest BCUT2D eigenvalue weighted by atomic mass is 10.0. The lowest BCUT2D eigenvalue weighted by Gasteiger charge is -2.32. The molecule has 0 radical (unpaired) electrons. The number of hydrogen-bond acceptors (Lipinski definition) is 6. The van der Waals surface area contributed by atoms with Crippen molar-refractivity contribution in [3.8, 4) is 17.3 Å². The molecule has 1 fully saturated rings. The van der Waals surface area contributed by atoms with E-state index in [0.717, 1.165) is 43.4 Å². The number of aromatic nitrogens is 3. The Labute approximate surface area is 201 Å². The van der Waals surface area contributed by atoms with Crippen LogP contribution >= 0.6 is 0 Å². The van der Waals surface area contributed by atoms with Crippen molar-refractivity contribution in [3.05, 3.63) is 41.3 Å². The molecule has 0 bridgehead atoms. The summed E-state index contributed by atoms with van der Waals surface area (Å²) in [4.78, 5) is 14.3. The van der Waals surface area contributed by atoms with Gasteiger partial charge in [0.25, 0.3) is 0 Å². The van der Waals surface area contributed by atoms with Crippen molar-refractivity contribution in [1.29, 1.82) is 5.26 Å². The van der Waals surface area contributed by atoms with Crippen molar-refractivity contribution in [1.82, 2.24) is 19.4 Å². The Balaban J connectivity index is 1.81. The molecular formula is C25H33FN6OSi. The van der Waals surface area contributed by atoms with Crippen molar-refractivity contribution in [3.63, 3.8) is 0 Å². The topological polar surface area (TPSA) is 70.2 Å². The lowest BCUT2D eigenvalue weighted by molar-refractivity contribution is 0.0898. The molecule has 0 N–H and O–H groups in total. The van der Waals surface area contributed by atoms with Gasteiger partial charge in [-0.1, -0.05) is 19.6 Å². The highest BCUT2D eigenvalue weighted by Crippen LogP contribution is 2.34. The van der Waals surface area contributed by atoms with E-state index in [4.69, 9.17) is 14.7 Å². The summed E-state index contributed by atoms with van der Waals surface area (Å²) in [5.74, 6) is 0.338. The number of nitriles is 1. The first-order valence-corrected chi connectivity index (χ1v) is 15.5. The van der Waals surface area contributed by atoms with Crippen molar-refractivity contribution in [2.45, 2.75) is 39.3 Å². The Hall–Kier alpha value is -2.80. The Kier molecular flexibility index (Phi) is 7.03. The van der Waals surface area contributed by atoms with Crippen molar-refractivity contribution in [2.24, 2.45) is 0 Å². The summed E-state index contributed by atoms with van der Waals surface area (Å²) in [5.41, 5.74) is 3.40. The maximum absolute atomic E-state index is 13.9. The summed E-state index contributed by atoms with van der Waals surface area (Å²) >= 11 is 0. The van der Waals surface area contributed by atoms with Gasteiger partial charge in [0.1, 0.15) is 24.3 Å². The van der Waals surface area contributed by atoms with E-state index in [0.29, 0.717) is 41.6 Å². The van der Waals surface area contributed by atoms with Gasteiger partial charge >= 0.3 is 0 Å². The fourth-order valence-corrected chi connectivity index (χ4v) is 4.89. The van der Waals surface area contributed by atoms with Gasteiger partial charge in [-0.2, -0.15) is 10.2 Å². The molecule has 1 aliphatic rings. The van der Waals surface area contributed by atoms with Gasteiger partial charge in [0.2, 0.25) is 5.95 Å². The van der Waals surface area contributed by atoms with Crippen LogP contribution < -0.4 is 4.90 Å². The normalized spacial score (nSPS) is 15.1. The molecule has 0 spiro atoms. The molecule has 7 nitrogen and oxygen atoms in total. The van der Waals surface area contributed by atoms with Gasteiger partial charge in [0.15, 0.2) is 0 Å². The van der Waals surface area contributed by atoms with Crippen LogP contribution in [0.5, 0.6) is 0 Å². The van der Waals surface area contributed by atoms with Crippen LogP contribution in [0, 0.1) is 24.1 Å². The summed E-state index contributed by atoms with van der Waals surface area (Å²) in [6.07, 6.45) is 1.80. The zero-order valence-electron chi connectivity index (χ0n) is 20.7. The number of rotatable bonds is 7. The number of nitrogens with zero attached hydrogens (tertiary/aromatic N) is 6. The predicted molar refractivity (Wildman–Crippen MR) is 136 cm³/mol. The largest absolute Gasteiger partial charge is 0.361 e. The quantitative estimate of drug-likeness (QED) is 0.367. The van der Waals surface area contributed by atoms with Crippen LogP contribution in [-0.4, -0.2) is 67.3 Å². The van der Waals surface area contributed by atoms with Gasteiger partial charge in [0.05, 0.1) is 16.6 Å². The van der Waals surface area contributed by atoms with Crippen LogP contribution in [0.2, 0.25) is 25.7 Å². The molecule has 3 aromatic rings. The van der Waals surface area contributed by atoms with E-state index in [2.05, 4.69) is 42.6 Å². The average Bonchev–Trinajstić information content (AvgIpc) is 3.14. The third kappa shape index (κ3) is 5.30. The molecule has 0 aliphatic carbocycles. The second-order valence-electron chi connectivity index (χ2n) is 10.3. The number of halogens is 1. The Bertz CT molecular complexity index is 1220. The van der Waals surface area contributed by atoms with Crippen LogP contribution in [0.3, 0.4) is 0 Å². The molecule has 2 aromatic heterocycles. The Morgan fingerprint density at radius 1 is 1.15 bits per heavy atom. The van der Waals surface area contributed by atoms with E-state index in [1.807, 2.05) is 11.5 Å². The smallest absolute Gasteiger partial charge is 0.228 e. The highest BCUT2D eigenvalue weighted by Gasteiger charge is 2.24. The fraction of sp³-hybridized carbons (Fsp3) is 0.480. The van der Waals surface area contributed by atoms with E-state index >= 15 is 0 Å². The second-order valence-corrected chi connectivity index (χ2v) is 15.9. The van der Waals surface area contributed by atoms with E-state index in [1.54, 1.807) is 12.3 Å². The fourth-order valence-electron chi connectivity index (χ4n) is 4.13. The first kappa shape index (κ1) is 24.3. The Morgan fingerprint density at radius 2 is 1.88 bits per heavy atom. The minimum absolute atomic E-state index is 0.292. The van der Waals surface area contributed by atoms with E-state index in [9.17, 15) is 9.65 Å². The van der Waals surface area contributed by atoms with Gasteiger partial charge in [-0.3, -0.25) is 0 Å². The van der Waals surface area contributed by atoms with Crippen LogP contribution in [0.25, 0.3) is 22.3 Å². The van der Waals surface area contributed by atoms with Crippen LogP contribution in [0.4, 0.5) is 10.3 Å². The van der Waals surface area contributed by atoms with Crippen LogP contribution in [0.15, 0.2) is 24.4 Å².